The van der Waals surface area contributed by atoms with Crippen LogP contribution in [0.3, 0.4) is 0 Å². The number of pyridine rings is 1. The zero-order chi connectivity index (χ0) is 18.9. The third-order valence-corrected chi connectivity index (χ3v) is 6.77. The van der Waals surface area contributed by atoms with E-state index in [2.05, 4.69) is 4.98 Å². The number of hydrogen-bond donors (Lipinski definition) is 1. The van der Waals surface area contributed by atoms with Crippen LogP contribution in [-0.4, -0.2) is 73.9 Å². The lowest BCUT2D eigenvalue weighted by Crippen LogP contribution is -2.33. The molecule has 8 heteroatoms. The number of β-amino-alcohol motifs (C(OH)–C–C–N with tert-alkyl or cyclic N) is 1. The summed E-state index contributed by atoms with van der Waals surface area (Å²) in [6, 6.07) is 9.74. The van der Waals surface area contributed by atoms with Crippen LogP contribution in [0.15, 0.2) is 30.3 Å². The Balaban J connectivity index is 1.73. The number of aromatic nitrogens is 1. The standard InChI is InChI=1S/C18H25N3O4S/c1-20(2)26(23,24)12-14-9-21(11-16(14)22)10-15-8-7-13-5-4-6-17(25-3)18(13)19-15/h4-8,14,16,22H,9-12H2,1-3H3/t14-,16+/m0/s1. The molecule has 2 heterocycles. The fraction of sp³-hybridized carbons (Fsp3) is 0.500. The van der Waals surface area contributed by atoms with E-state index in [4.69, 9.17) is 4.74 Å². The average molecular weight is 379 g/mol. The molecule has 2 aromatic rings. The van der Waals surface area contributed by atoms with Crippen LogP contribution in [0.2, 0.25) is 0 Å². The predicted octanol–water partition coefficient (Wildman–Crippen LogP) is 0.927. The minimum Gasteiger partial charge on any atom is -0.494 e. The lowest BCUT2D eigenvalue weighted by Gasteiger charge is -2.18. The summed E-state index contributed by atoms with van der Waals surface area (Å²) in [4.78, 5) is 6.73. The number of fused-ring (bicyclic) bond motifs is 1. The molecule has 7 nitrogen and oxygen atoms in total. The van der Waals surface area contributed by atoms with Crippen LogP contribution in [0.5, 0.6) is 5.75 Å². The van der Waals surface area contributed by atoms with Crippen molar-refractivity contribution < 1.29 is 18.3 Å². The molecule has 1 aliphatic rings. The Morgan fingerprint density at radius 2 is 2.04 bits per heavy atom. The number of nitrogens with zero attached hydrogens (tertiary/aromatic N) is 3. The molecule has 0 unspecified atom stereocenters. The van der Waals surface area contributed by atoms with Gasteiger partial charge in [0, 0.05) is 45.0 Å². The second-order valence-electron chi connectivity index (χ2n) is 6.92. The number of sulfonamides is 1. The van der Waals surface area contributed by atoms with E-state index in [0.717, 1.165) is 22.3 Å². The molecule has 1 fully saturated rings. The molecule has 0 saturated carbocycles. The summed E-state index contributed by atoms with van der Waals surface area (Å²) in [5, 5.41) is 11.3. The molecular formula is C18H25N3O4S. The van der Waals surface area contributed by atoms with E-state index in [0.29, 0.717) is 19.6 Å². The largest absolute Gasteiger partial charge is 0.494 e. The first-order valence-corrected chi connectivity index (χ1v) is 10.1. The Morgan fingerprint density at radius 3 is 2.73 bits per heavy atom. The Bertz CT molecular complexity index is 885. The molecule has 1 N–H and O–H groups in total. The van der Waals surface area contributed by atoms with E-state index in [9.17, 15) is 13.5 Å². The van der Waals surface area contributed by atoms with Gasteiger partial charge in [-0.15, -0.1) is 0 Å². The quantitative estimate of drug-likeness (QED) is 0.804. The van der Waals surface area contributed by atoms with Crippen LogP contribution in [0, 0.1) is 5.92 Å². The Labute approximate surface area is 154 Å². The van der Waals surface area contributed by atoms with Gasteiger partial charge in [0.15, 0.2) is 0 Å². The second kappa shape index (κ2) is 7.48. The predicted molar refractivity (Wildman–Crippen MR) is 101 cm³/mol. The Hall–Kier alpha value is -1.74. The number of benzene rings is 1. The van der Waals surface area contributed by atoms with Crippen molar-refractivity contribution in [3.05, 3.63) is 36.0 Å². The normalized spacial score (nSPS) is 21.6. The maximum atomic E-state index is 12.1. The van der Waals surface area contributed by atoms with Crippen LogP contribution >= 0.6 is 0 Å². The molecule has 1 aromatic carbocycles. The second-order valence-corrected chi connectivity index (χ2v) is 9.14. The van der Waals surface area contributed by atoms with Gasteiger partial charge in [-0.05, 0) is 12.1 Å². The number of hydrogen-bond acceptors (Lipinski definition) is 6. The third kappa shape index (κ3) is 3.98. The van der Waals surface area contributed by atoms with Gasteiger partial charge >= 0.3 is 0 Å². The van der Waals surface area contributed by atoms with Crippen LogP contribution in [0.1, 0.15) is 5.69 Å². The number of methoxy groups -OCH3 is 1. The molecule has 1 saturated heterocycles. The molecular weight excluding hydrogens is 354 g/mol. The van der Waals surface area contributed by atoms with Crippen LogP contribution in [0.25, 0.3) is 10.9 Å². The van der Waals surface area contributed by atoms with Gasteiger partial charge in [0.2, 0.25) is 10.0 Å². The summed E-state index contributed by atoms with van der Waals surface area (Å²) in [5.41, 5.74) is 1.67. The maximum absolute atomic E-state index is 12.1. The van der Waals surface area contributed by atoms with Crippen molar-refractivity contribution in [3.63, 3.8) is 0 Å². The molecule has 26 heavy (non-hydrogen) atoms. The smallest absolute Gasteiger partial charge is 0.214 e. The minimum atomic E-state index is -3.33. The highest BCUT2D eigenvalue weighted by molar-refractivity contribution is 7.89. The van der Waals surface area contributed by atoms with E-state index in [1.807, 2.05) is 35.2 Å². The first kappa shape index (κ1) is 19.0. The third-order valence-electron chi connectivity index (χ3n) is 4.81. The number of aliphatic hydroxyl groups excluding tert-OH is 1. The SMILES string of the molecule is COc1cccc2ccc(CN3C[C@@H](CS(=O)(=O)N(C)C)[C@H](O)C3)nc12. The number of para-hydroxylation sites is 1. The maximum Gasteiger partial charge on any atom is 0.214 e. The van der Waals surface area contributed by atoms with E-state index < -0.39 is 16.1 Å². The summed E-state index contributed by atoms with van der Waals surface area (Å²) in [6.45, 7) is 1.53. The molecule has 142 valence electrons. The summed E-state index contributed by atoms with van der Waals surface area (Å²) in [7, 11) is 1.32. The highest BCUT2D eigenvalue weighted by Crippen LogP contribution is 2.25. The topological polar surface area (TPSA) is 83.0 Å². The molecule has 1 aromatic heterocycles. The molecule has 0 amide bonds. The van der Waals surface area contributed by atoms with E-state index in [1.165, 1.54) is 18.4 Å². The Morgan fingerprint density at radius 1 is 1.27 bits per heavy atom. The van der Waals surface area contributed by atoms with Crippen molar-refractivity contribution in [2.24, 2.45) is 5.92 Å². The van der Waals surface area contributed by atoms with Gasteiger partial charge in [0.25, 0.3) is 0 Å². The lowest BCUT2D eigenvalue weighted by atomic mass is 10.1. The summed E-state index contributed by atoms with van der Waals surface area (Å²) in [6.07, 6.45) is -0.653. The van der Waals surface area contributed by atoms with Crippen molar-refractivity contribution in [3.8, 4) is 5.75 Å². The van der Waals surface area contributed by atoms with Crippen LogP contribution in [0.4, 0.5) is 0 Å². The first-order valence-electron chi connectivity index (χ1n) is 8.53. The van der Waals surface area contributed by atoms with Gasteiger partial charge in [0.1, 0.15) is 11.3 Å². The number of likely N-dealkylation sites (tertiary alicyclic amines) is 1. The van der Waals surface area contributed by atoms with E-state index in [-0.39, 0.29) is 11.7 Å². The van der Waals surface area contributed by atoms with Gasteiger partial charge < -0.3 is 9.84 Å². The zero-order valence-electron chi connectivity index (χ0n) is 15.3. The highest BCUT2D eigenvalue weighted by Gasteiger charge is 2.35. The zero-order valence-corrected chi connectivity index (χ0v) is 16.1. The van der Waals surface area contributed by atoms with Crippen molar-refractivity contribution in [2.45, 2.75) is 12.6 Å². The summed E-state index contributed by atoms with van der Waals surface area (Å²) >= 11 is 0. The summed E-state index contributed by atoms with van der Waals surface area (Å²) < 4.78 is 30.8. The van der Waals surface area contributed by atoms with Gasteiger partial charge in [-0.25, -0.2) is 17.7 Å². The fourth-order valence-corrected chi connectivity index (χ4v) is 4.46. The molecule has 2 atom stereocenters. The molecule has 0 bridgehead atoms. The fourth-order valence-electron chi connectivity index (χ4n) is 3.30. The van der Waals surface area contributed by atoms with Gasteiger partial charge in [-0.3, -0.25) is 4.90 Å². The highest BCUT2D eigenvalue weighted by atomic mass is 32.2. The lowest BCUT2D eigenvalue weighted by molar-refractivity contribution is 0.148. The van der Waals surface area contributed by atoms with Crippen LogP contribution in [-0.2, 0) is 16.6 Å². The number of aliphatic hydroxyl groups is 1. The van der Waals surface area contributed by atoms with E-state index in [1.54, 1.807) is 7.11 Å². The Kier molecular flexibility index (Phi) is 5.47. The monoisotopic (exact) mass is 379 g/mol. The van der Waals surface area contributed by atoms with Crippen molar-refractivity contribution >= 4 is 20.9 Å². The number of ether oxygens (including phenoxy) is 1. The average Bonchev–Trinajstić information content (AvgIpc) is 2.92. The first-order chi connectivity index (χ1) is 12.3. The van der Waals surface area contributed by atoms with Crippen molar-refractivity contribution in [1.82, 2.24) is 14.2 Å². The van der Waals surface area contributed by atoms with Gasteiger partial charge in [-0.2, -0.15) is 0 Å². The molecule has 0 spiro atoms. The minimum absolute atomic E-state index is 0.0450. The van der Waals surface area contributed by atoms with Crippen LogP contribution < -0.4 is 4.74 Å². The number of rotatable bonds is 6. The van der Waals surface area contributed by atoms with Gasteiger partial charge in [0.05, 0.1) is 24.7 Å². The molecule has 0 radical (unpaired) electrons. The molecule has 3 rings (SSSR count). The molecule has 0 aliphatic carbocycles. The summed E-state index contributed by atoms with van der Waals surface area (Å²) in [5.74, 6) is 0.384. The van der Waals surface area contributed by atoms with Gasteiger partial charge in [-0.1, -0.05) is 18.2 Å². The van der Waals surface area contributed by atoms with E-state index >= 15 is 0 Å². The van der Waals surface area contributed by atoms with Crippen molar-refractivity contribution in [2.75, 3.05) is 40.0 Å². The van der Waals surface area contributed by atoms with Crippen molar-refractivity contribution in [1.29, 1.82) is 0 Å². The molecule has 1 aliphatic heterocycles.